The Kier molecular flexibility index (Phi) is 42.2. The number of phosphoric acid groups is 1. The normalized spacial score (nSPS) is 14.7. The van der Waals surface area contributed by atoms with E-state index in [0.29, 0.717) is 17.4 Å². The fourth-order valence-electron chi connectivity index (χ4n) is 7.03. The van der Waals surface area contributed by atoms with Gasteiger partial charge in [0.05, 0.1) is 39.9 Å². The number of likely N-dealkylation sites (N-methyl/N-ethyl adjacent to an activating group) is 1. The van der Waals surface area contributed by atoms with Gasteiger partial charge in [0.2, 0.25) is 5.91 Å². The first-order chi connectivity index (χ1) is 29.5. The summed E-state index contributed by atoms with van der Waals surface area (Å²) >= 11 is 0. The lowest BCUT2D eigenvalue weighted by molar-refractivity contribution is -0.870. The van der Waals surface area contributed by atoms with Crippen LogP contribution < -0.4 is 5.32 Å². The molecule has 0 aromatic heterocycles. The fraction of sp³-hybridized carbons (Fsp3) is 0.788. The number of aliphatic hydroxyl groups is 1. The molecule has 356 valence electrons. The van der Waals surface area contributed by atoms with E-state index in [9.17, 15) is 19.4 Å². The third kappa shape index (κ3) is 46.0. The number of phosphoric ester groups is 1. The fourth-order valence-corrected chi connectivity index (χ4v) is 7.77. The van der Waals surface area contributed by atoms with Crippen LogP contribution in [0, 0.1) is 0 Å². The van der Waals surface area contributed by atoms with Crippen LogP contribution in [-0.4, -0.2) is 73.4 Å². The molecular weight excluding hydrogens is 780 g/mol. The van der Waals surface area contributed by atoms with Gasteiger partial charge in [0.1, 0.15) is 13.2 Å². The summed E-state index contributed by atoms with van der Waals surface area (Å²) < 4.78 is 23.6. The van der Waals surface area contributed by atoms with Gasteiger partial charge in [0.25, 0.3) is 0 Å². The number of nitrogens with one attached hydrogen (secondary N) is 1. The number of nitrogens with zero attached hydrogens (tertiary/aromatic N) is 1. The van der Waals surface area contributed by atoms with E-state index in [1.54, 1.807) is 6.08 Å². The van der Waals surface area contributed by atoms with Gasteiger partial charge in [-0.1, -0.05) is 209 Å². The Morgan fingerprint density at radius 1 is 0.574 bits per heavy atom. The average molecular weight is 878 g/mol. The Morgan fingerprint density at radius 3 is 1.44 bits per heavy atom. The van der Waals surface area contributed by atoms with Crippen molar-refractivity contribution in [2.75, 3.05) is 40.9 Å². The number of hydrogen-bond donors (Lipinski definition) is 3. The van der Waals surface area contributed by atoms with Crippen LogP contribution in [0.25, 0.3) is 0 Å². The lowest BCUT2D eigenvalue weighted by Gasteiger charge is -2.25. The molecule has 0 aromatic carbocycles. The van der Waals surface area contributed by atoms with Crippen LogP contribution in [0.5, 0.6) is 0 Å². The van der Waals surface area contributed by atoms with E-state index in [2.05, 4.69) is 67.8 Å². The van der Waals surface area contributed by atoms with Gasteiger partial charge in [-0.25, -0.2) is 4.57 Å². The summed E-state index contributed by atoms with van der Waals surface area (Å²) in [5.41, 5.74) is 0. The van der Waals surface area contributed by atoms with Crippen LogP contribution in [-0.2, 0) is 18.4 Å². The topological polar surface area (TPSA) is 105 Å². The molecule has 61 heavy (non-hydrogen) atoms. The summed E-state index contributed by atoms with van der Waals surface area (Å²) in [6.07, 6.45) is 57.2. The Hall–Kier alpha value is -1.80. The molecule has 0 saturated carbocycles. The molecule has 0 rings (SSSR count). The number of carbonyl (C=O) groups is 1. The number of unbranched alkanes of at least 4 members (excludes halogenated alkanes) is 24. The summed E-state index contributed by atoms with van der Waals surface area (Å²) in [6.45, 7) is 4.70. The Balaban J connectivity index is 4.35. The monoisotopic (exact) mass is 878 g/mol. The largest absolute Gasteiger partial charge is 0.472 e. The zero-order valence-corrected chi connectivity index (χ0v) is 41.3. The summed E-state index contributed by atoms with van der Waals surface area (Å²) in [6, 6.07) is -0.853. The number of rotatable bonds is 45. The maximum absolute atomic E-state index is 12.9. The molecule has 0 radical (unpaired) electrons. The molecule has 0 saturated heterocycles. The maximum atomic E-state index is 12.9. The van der Waals surface area contributed by atoms with Crippen molar-refractivity contribution in [3.05, 3.63) is 60.8 Å². The highest BCUT2D eigenvalue weighted by atomic mass is 31.2. The second kappa shape index (κ2) is 43.5. The Bertz CT molecular complexity index is 1180. The molecule has 0 spiro atoms. The van der Waals surface area contributed by atoms with Crippen molar-refractivity contribution in [3.63, 3.8) is 0 Å². The predicted molar refractivity (Wildman–Crippen MR) is 263 cm³/mol. The highest BCUT2D eigenvalue weighted by Crippen LogP contribution is 2.43. The second-order valence-electron chi connectivity index (χ2n) is 18.2. The first kappa shape index (κ1) is 59.2. The van der Waals surface area contributed by atoms with Gasteiger partial charge in [-0.2, -0.15) is 0 Å². The van der Waals surface area contributed by atoms with Crippen LogP contribution in [0.2, 0.25) is 0 Å². The molecule has 8 nitrogen and oxygen atoms in total. The second-order valence-corrected chi connectivity index (χ2v) is 19.6. The van der Waals surface area contributed by atoms with Gasteiger partial charge >= 0.3 is 7.82 Å². The summed E-state index contributed by atoms with van der Waals surface area (Å²) in [4.78, 5) is 23.2. The van der Waals surface area contributed by atoms with Crippen molar-refractivity contribution in [1.82, 2.24) is 5.32 Å². The lowest BCUT2D eigenvalue weighted by atomic mass is 10.0. The van der Waals surface area contributed by atoms with E-state index in [4.69, 9.17) is 9.05 Å². The molecule has 0 bridgehead atoms. The molecule has 3 N–H and O–H groups in total. The summed E-state index contributed by atoms with van der Waals surface area (Å²) in [5.74, 6) is -0.187. The van der Waals surface area contributed by atoms with E-state index in [1.165, 1.54) is 122 Å². The molecule has 0 heterocycles. The van der Waals surface area contributed by atoms with Crippen LogP contribution in [0.4, 0.5) is 0 Å². The van der Waals surface area contributed by atoms with E-state index in [-0.39, 0.29) is 19.1 Å². The van der Waals surface area contributed by atoms with E-state index in [0.717, 1.165) is 70.6 Å². The van der Waals surface area contributed by atoms with Gasteiger partial charge in [-0.3, -0.25) is 13.8 Å². The molecule has 0 aliphatic rings. The molecule has 0 aromatic rings. The first-order valence-electron chi connectivity index (χ1n) is 25.2. The van der Waals surface area contributed by atoms with Crippen molar-refractivity contribution in [2.24, 2.45) is 0 Å². The third-order valence-electron chi connectivity index (χ3n) is 11.0. The highest BCUT2D eigenvalue weighted by Gasteiger charge is 2.27. The van der Waals surface area contributed by atoms with Crippen molar-refractivity contribution in [2.45, 2.75) is 225 Å². The SMILES string of the molecule is CC/C=C\C/C=C\C/C=C\C/C=C\CCCCCCCCCCC(=O)NC(COP(=O)(O)OCC[N+](C)(C)C)C(O)/C=C/CCCCCCCCCCCCCCCCCC. The first-order valence-corrected chi connectivity index (χ1v) is 26.7. The predicted octanol–water partition coefficient (Wildman–Crippen LogP) is 14.6. The zero-order valence-electron chi connectivity index (χ0n) is 40.4. The van der Waals surface area contributed by atoms with Crippen molar-refractivity contribution in [3.8, 4) is 0 Å². The van der Waals surface area contributed by atoms with E-state index >= 15 is 0 Å². The van der Waals surface area contributed by atoms with Crippen LogP contribution in [0.1, 0.15) is 213 Å². The van der Waals surface area contributed by atoms with Gasteiger partial charge in [0.15, 0.2) is 0 Å². The van der Waals surface area contributed by atoms with Gasteiger partial charge < -0.3 is 19.8 Å². The van der Waals surface area contributed by atoms with Crippen LogP contribution >= 0.6 is 7.82 Å². The van der Waals surface area contributed by atoms with E-state index in [1.807, 2.05) is 27.2 Å². The number of hydrogen-bond acceptors (Lipinski definition) is 5. The minimum atomic E-state index is -4.35. The van der Waals surface area contributed by atoms with E-state index < -0.39 is 20.0 Å². The molecule has 3 atom stereocenters. The lowest BCUT2D eigenvalue weighted by Crippen LogP contribution is -2.45. The highest BCUT2D eigenvalue weighted by molar-refractivity contribution is 7.47. The molecule has 0 fully saturated rings. The standard InChI is InChI=1S/C52H97N2O6P/c1-6-8-10-12-14-16-18-20-22-24-26-27-28-30-32-34-36-38-40-42-44-46-52(56)53-50(49-60-61(57,58)59-48-47-54(3,4)5)51(55)45-43-41-39-37-35-33-31-29-25-23-21-19-17-15-13-11-9-7-2/h8,10,14,16,20,22,26-27,43,45,50-51,55H,6-7,9,11-13,15,17-19,21,23-25,28-42,44,46-49H2,1-5H3,(H-,53,56,57,58)/p+1/b10-8-,16-14-,22-20-,27-26-,45-43+. The summed E-state index contributed by atoms with van der Waals surface area (Å²) in [5, 5.41) is 13.9. The minimum Gasteiger partial charge on any atom is -0.387 e. The molecular formula is C52H98N2O6P+. The Labute approximate surface area is 377 Å². The van der Waals surface area contributed by atoms with Crippen molar-refractivity contribution < 1.29 is 32.9 Å². The summed E-state index contributed by atoms with van der Waals surface area (Å²) in [7, 11) is 1.56. The number of amides is 1. The smallest absolute Gasteiger partial charge is 0.387 e. The molecule has 0 aliphatic carbocycles. The van der Waals surface area contributed by atoms with Crippen LogP contribution in [0.3, 0.4) is 0 Å². The number of allylic oxidation sites excluding steroid dienone is 9. The number of carbonyl (C=O) groups excluding carboxylic acids is 1. The number of quaternary nitrogens is 1. The van der Waals surface area contributed by atoms with Crippen molar-refractivity contribution in [1.29, 1.82) is 0 Å². The average Bonchev–Trinajstić information content (AvgIpc) is 3.21. The van der Waals surface area contributed by atoms with Gasteiger partial charge in [0, 0.05) is 6.42 Å². The zero-order chi connectivity index (χ0) is 45.0. The molecule has 3 unspecified atom stereocenters. The maximum Gasteiger partial charge on any atom is 0.472 e. The van der Waals surface area contributed by atoms with Crippen molar-refractivity contribution >= 4 is 13.7 Å². The molecule has 0 aliphatic heterocycles. The minimum absolute atomic E-state index is 0.0576. The number of aliphatic hydroxyl groups excluding tert-OH is 1. The molecule has 1 amide bonds. The van der Waals surface area contributed by atoms with Gasteiger partial charge in [-0.05, 0) is 57.8 Å². The van der Waals surface area contributed by atoms with Gasteiger partial charge in [-0.15, -0.1) is 0 Å². The third-order valence-corrected chi connectivity index (χ3v) is 12.0. The van der Waals surface area contributed by atoms with Crippen LogP contribution in [0.15, 0.2) is 60.8 Å². The Morgan fingerprint density at radius 2 is 0.984 bits per heavy atom. The molecule has 9 heteroatoms. The quantitative estimate of drug-likeness (QED) is 0.0244.